The summed E-state index contributed by atoms with van der Waals surface area (Å²) >= 11 is 3.32. The van der Waals surface area contributed by atoms with Crippen LogP contribution in [0.15, 0.2) is 65.4 Å². The highest BCUT2D eigenvalue weighted by Crippen LogP contribution is 2.17. The molecule has 0 spiro atoms. The van der Waals surface area contributed by atoms with Crippen LogP contribution in [-0.2, 0) is 17.8 Å². The van der Waals surface area contributed by atoms with E-state index in [1.807, 2.05) is 36.5 Å². The second kappa shape index (κ2) is 7.61. The van der Waals surface area contributed by atoms with Crippen LogP contribution in [0.5, 0.6) is 0 Å². The van der Waals surface area contributed by atoms with Crippen LogP contribution >= 0.6 is 15.9 Å². The predicted molar refractivity (Wildman–Crippen MR) is 97.8 cm³/mol. The molecule has 0 aliphatic heterocycles. The van der Waals surface area contributed by atoms with Crippen molar-refractivity contribution in [3.63, 3.8) is 0 Å². The van der Waals surface area contributed by atoms with Gasteiger partial charge in [-0.2, -0.15) is 5.10 Å². The number of hydrogen-bond acceptors (Lipinski definition) is 2. The molecule has 6 heteroatoms. The fourth-order valence-electron chi connectivity index (χ4n) is 2.49. The average molecular weight is 402 g/mol. The summed E-state index contributed by atoms with van der Waals surface area (Å²) in [7, 11) is 1.67. The van der Waals surface area contributed by atoms with Gasteiger partial charge < -0.3 is 4.90 Å². The average Bonchev–Trinajstić information content (AvgIpc) is 3.07. The molecular formula is C19H17BrFN3O. The van der Waals surface area contributed by atoms with Gasteiger partial charge in [0.25, 0.3) is 0 Å². The first-order valence-electron chi connectivity index (χ1n) is 7.80. The molecule has 0 aliphatic rings. The third kappa shape index (κ3) is 4.33. The Morgan fingerprint density at radius 2 is 2.00 bits per heavy atom. The minimum atomic E-state index is -0.320. The quantitative estimate of drug-likeness (QED) is 0.648. The molecule has 1 aromatic heterocycles. The Balaban J connectivity index is 1.66. The topological polar surface area (TPSA) is 38.1 Å². The second-order valence-corrected chi connectivity index (χ2v) is 6.71. The van der Waals surface area contributed by atoms with Gasteiger partial charge in [0.1, 0.15) is 5.82 Å². The molecule has 0 radical (unpaired) electrons. The van der Waals surface area contributed by atoms with Gasteiger partial charge in [0.05, 0.1) is 18.3 Å². The fraction of sp³-hybridized carbons (Fsp3) is 0.158. The van der Waals surface area contributed by atoms with Crippen LogP contribution in [0.25, 0.3) is 5.69 Å². The molecule has 0 aliphatic carbocycles. The summed E-state index contributed by atoms with van der Waals surface area (Å²) in [5, 5.41) is 4.29. The zero-order valence-electron chi connectivity index (χ0n) is 13.7. The molecule has 1 amide bonds. The summed E-state index contributed by atoms with van der Waals surface area (Å²) in [6.07, 6.45) is 3.73. The standard InChI is InChI=1S/C19H17BrFN3O/c1-23(13-15-10-16(20)7-8-18(15)21)19(25)9-14-11-22-24(12-14)17-5-3-2-4-6-17/h2-8,10-12H,9,13H2,1H3. The van der Waals surface area contributed by atoms with Crippen molar-refractivity contribution in [2.45, 2.75) is 13.0 Å². The van der Waals surface area contributed by atoms with Crippen molar-refractivity contribution in [2.24, 2.45) is 0 Å². The molecule has 4 nitrogen and oxygen atoms in total. The monoisotopic (exact) mass is 401 g/mol. The molecule has 128 valence electrons. The number of aromatic nitrogens is 2. The molecule has 0 atom stereocenters. The fourth-order valence-corrected chi connectivity index (χ4v) is 2.90. The Labute approximate surface area is 154 Å². The molecule has 0 fully saturated rings. The summed E-state index contributed by atoms with van der Waals surface area (Å²) < 4.78 is 16.4. The van der Waals surface area contributed by atoms with Crippen LogP contribution in [0, 0.1) is 5.82 Å². The molecule has 2 aromatic carbocycles. The lowest BCUT2D eigenvalue weighted by Gasteiger charge is -2.17. The van der Waals surface area contributed by atoms with Crippen LogP contribution in [0.2, 0.25) is 0 Å². The molecule has 0 saturated heterocycles. The third-order valence-electron chi connectivity index (χ3n) is 3.85. The van der Waals surface area contributed by atoms with E-state index < -0.39 is 0 Å². The number of hydrogen-bond donors (Lipinski definition) is 0. The molecule has 25 heavy (non-hydrogen) atoms. The number of likely N-dealkylation sites (N-methyl/N-ethyl adjacent to an activating group) is 1. The van der Waals surface area contributed by atoms with Crippen LogP contribution in [0.1, 0.15) is 11.1 Å². The van der Waals surface area contributed by atoms with Crippen molar-refractivity contribution in [1.29, 1.82) is 0 Å². The third-order valence-corrected chi connectivity index (χ3v) is 4.35. The predicted octanol–water partition coefficient (Wildman–Crippen LogP) is 3.98. The van der Waals surface area contributed by atoms with E-state index in [-0.39, 0.29) is 24.7 Å². The van der Waals surface area contributed by atoms with Crippen molar-refractivity contribution in [3.8, 4) is 5.69 Å². The molecule has 0 N–H and O–H groups in total. The molecule has 0 saturated carbocycles. The Kier molecular flexibility index (Phi) is 5.28. The summed E-state index contributed by atoms with van der Waals surface area (Å²) in [6, 6.07) is 14.4. The van der Waals surface area contributed by atoms with Gasteiger partial charge in [0.15, 0.2) is 0 Å². The summed E-state index contributed by atoms with van der Waals surface area (Å²) in [6.45, 7) is 0.219. The highest BCUT2D eigenvalue weighted by molar-refractivity contribution is 9.10. The van der Waals surface area contributed by atoms with Gasteiger partial charge >= 0.3 is 0 Å². The van der Waals surface area contributed by atoms with Gasteiger partial charge in [0, 0.05) is 29.8 Å². The largest absolute Gasteiger partial charge is 0.341 e. The van der Waals surface area contributed by atoms with Crippen molar-refractivity contribution >= 4 is 21.8 Å². The number of halogens is 2. The second-order valence-electron chi connectivity index (χ2n) is 5.79. The highest BCUT2D eigenvalue weighted by atomic mass is 79.9. The molecular weight excluding hydrogens is 385 g/mol. The first-order valence-corrected chi connectivity index (χ1v) is 8.59. The number of nitrogens with zero attached hydrogens (tertiary/aromatic N) is 3. The van der Waals surface area contributed by atoms with Crippen molar-refractivity contribution in [3.05, 3.63) is 82.3 Å². The van der Waals surface area contributed by atoms with Crippen LogP contribution < -0.4 is 0 Å². The summed E-state index contributed by atoms with van der Waals surface area (Å²) in [4.78, 5) is 13.9. The van der Waals surface area contributed by atoms with E-state index in [1.54, 1.807) is 30.1 Å². The molecule has 0 bridgehead atoms. The number of rotatable bonds is 5. The van der Waals surface area contributed by atoms with Crippen molar-refractivity contribution in [2.75, 3.05) is 7.05 Å². The Hall–Kier alpha value is -2.47. The van der Waals surface area contributed by atoms with Crippen molar-refractivity contribution < 1.29 is 9.18 Å². The van der Waals surface area contributed by atoms with Gasteiger partial charge in [-0.1, -0.05) is 34.1 Å². The summed E-state index contributed by atoms with van der Waals surface area (Å²) in [5.41, 5.74) is 2.23. The number of para-hydroxylation sites is 1. The van der Waals surface area contributed by atoms with E-state index in [0.29, 0.717) is 5.56 Å². The zero-order valence-corrected chi connectivity index (χ0v) is 15.3. The Morgan fingerprint density at radius 1 is 1.24 bits per heavy atom. The minimum absolute atomic E-state index is 0.0908. The highest BCUT2D eigenvalue weighted by Gasteiger charge is 2.14. The smallest absolute Gasteiger partial charge is 0.227 e. The minimum Gasteiger partial charge on any atom is -0.341 e. The maximum absolute atomic E-state index is 13.8. The Bertz CT molecular complexity index is 879. The van der Waals surface area contributed by atoms with E-state index in [2.05, 4.69) is 21.0 Å². The lowest BCUT2D eigenvalue weighted by molar-refractivity contribution is -0.129. The van der Waals surface area contributed by atoms with Gasteiger partial charge in [-0.25, -0.2) is 9.07 Å². The lowest BCUT2D eigenvalue weighted by Crippen LogP contribution is -2.28. The van der Waals surface area contributed by atoms with Gasteiger partial charge in [-0.15, -0.1) is 0 Å². The van der Waals surface area contributed by atoms with E-state index in [1.165, 1.54) is 11.0 Å². The maximum atomic E-state index is 13.8. The lowest BCUT2D eigenvalue weighted by atomic mass is 10.2. The van der Waals surface area contributed by atoms with Gasteiger partial charge in [0.2, 0.25) is 5.91 Å². The van der Waals surface area contributed by atoms with E-state index in [9.17, 15) is 9.18 Å². The normalized spacial score (nSPS) is 10.7. The molecule has 3 aromatic rings. The van der Waals surface area contributed by atoms with Gasteiger partial charge in [-0.3, -0.25) is 4.79 Å². The number of amides is 1. The van der Waals surface area contributed by atoms with Crippen LogP contribution in [0.3, 0.4) is 0 Å². The Morgan fingerprint density at radius 3 is 2.76 bits per heavy atom. The number of benzene rings is 2. The number of carbonyl (C=O) groups is 1. The van der Waals surface area contributed by atoms with E-state index >= 15 is 0 Å². The molecule has 0 unspecified atom stereocenters. The van der Waals surface area contributed by atoms with Crippen molar-refractivity contribution in [1.82, 2.24) is 14.7 Å². The molecule has 1 heterocycles. The number of carbonyl (C=O) groups excluding carboxylic acids is 1. The maximum Gasteiger partial charge on any atom is 0.227 e. The SMILES string of the molecule is CN(Cc1cc(Br)ccc1F)C(=O)Cc1cnn(-c2ccccc2)c1. The van der Waals surface area contributed by atoms with Crippen LogP contribution in [0.4, 0.5) is 4.39 Å². The van der Waals surface area contributed by atoms with Gasteiger partial charge in [-0.05, 0) is 35.9 Å². The summed E-state index contributed by atoms with van der Waals surface area (Å²) in [5.74, 6) is -0.410. The van der Waals surface area contributed by atoms with Crippen LogP contribution in [-0.4, -0.2) is 27.6 Å². The zero-order chi connectivity index (χ0) is 17.8. The molecule has 3 rings (SSSR count). The van der Waals surface area contributed by atoms with E-state index in [0.717, 1.165) is 15.7 Å². The first kappa shape index (κ1) is 17.4. The van der Waals surface area contributed by atoms with E-state index in [4.69, 9.17) is 0 Å². The first-order chi connectivity index (χ1) is 12.0.